The molecule has 1 N–H and O–H groups in total. The summed E-state index contributed by atoms with van der Waals surface area (Å²) in [6, 6.07) is 10.4. The smallest absolute Gasteiger partial charge is 0.286 e. The summed E-state index contributed by atoms with van der Waals surface area (Å²) >= 11 is 0. The van der Waals surface area contributed by atoms with Crippen LogP contribution in [0.25, 0.3) is 0 Å². The van der Waals surface area contributed by atoms with E-state index < -0.39 is 17.4 Å². The monoisotopic (exact) mass is 283 g/mol. The highest BCUT2D eigenvalue weighted by molar-refractivity contribution is 6.21. The molecular weight excluding hydrogens is 270 g/mol. The lowest BCUT2D eigenvalue weighted by atomic mass is 10.1. The van der Waals surface area contributed by atoms with Gasteiger partial charge < -0.3 is 4.57 Å². The van der Waals surface area contributed by atoms with Gasteiger partial charge >= 0.3 is 0 Å². The topological polar surface area (TPSA) is 71.4 Å². The van der Waals surface area contributed by atoms with Gasteiger partial charge in [-0.05, 0) is 25.1 Å². The van der Waals surface area contributed by atoms with Crippen molar-refractivity contribution in [2.45, 2.75) is 6.92 Å². The Bertz CT molecular complexity index is 809. The number of carbonyl (C=O) groups is 2. The zero-order valence-corrected chi connectivity index (χ0v) is 11.6. The van der Waals surface area contributed by atoms with E-state index in [-0.39, 0.29) is 11.1 Å². The molecule has 0 fully saturated rings. The summed E-state index contributed by atoms with van der Waals surface area (Å²) in [5.74, 6) is -1.14. The first-order valence-corrected chi connectivity index (χ1v) is 6.42. The number of rotatable bonds is 2. The first-order chi connectivity index (χ1) is 10.0. The maximum atomic E-state index is 12.3. The van der Waals surface area contributed by atoms with Gasteiger partial charge in [0.15, 0.2) is 0 Å². The molecule has 106 valence electrons. The summed E-state index contributed by atoms with van der Waals surface area (Å²) in [5.41, 5.74) is 3.56. The number of fused-ring (bicyclic) bond motifs is 1. The van der Waals surface area contributed by atoms with Crippen LogP contribution < -0.4 is 11.0 Å². The number of hydrogen-bond donors (Lipinski definition) is 1. The number of aryl methyl sites for hydroxylation is 1. The molecule has 0 atom stereocenters. The molecule has 0 bridgehead atoms. The number of pyridine rings is 1. The van der Waals surface area contributed by atoms with E-state index in [0.717, 1.165) is 5.01 Å². The van der Waals surface area contributed by atoms with Crippen LogP contribution in [0.15, 0.2) is 41.2 Å². The molecule has 6 nitrogen and oxygen atoms in total. The van der Waals surface area contributed by atoms with Gasteiger partial charge in [0.05, 0.1) is 11.3 Å². The molecule has 1 aromatic heterocycles. The first kappa shape index (κ1) is 13.1. The number of amides is 2. The number of aromatic nitrogens is 1. The average molecular weight is 283 g/mol. The molecule has 6 heteroatoms. The Hall–Kier alpha value is -2.89. The van der Waals surface area contributed by atoms with Crippen LogP contribution in [0.3, 0.4) is 0 Å². The van der Waals surface area contributed by atoms with Crippen LogP contribution in [0.1, 0.15) is 26.4 Å². The Morgan fingerprint density at radius 1 is 1.00 bits per heavy atom. The van der Waals surface area contributed by atoms with Gasteiger partial charge in [-0.1, -0.05) is 18.2 Å². The third-order valence-corrected chi connectivity index (χ3v) is 3.54. The summed E-state index contributed by atoms with van der Waals surface area (Å²) in [6.07, 6.45) is 0. The molecule has 0 saturated carbocycles. The second kappa shape index (κ2) is 4.59. The molecule has 2 aromatic rings. The second-order valence-corrected chi connectivity index (χ2v) is 4.86. The summed E-state index contributed by atoms with van der Waals surface area (Å²) < 4.78 is 1.36. The molecule has 1 aliphatic rings. The lowest BCUT2D eigenvalue weighted by molar-refractivity contribution is 0.0691. The number of hydrazine groups is 1. The Balaban J connectivity index is 2.06. The number of benzene rings is 1. The van der Waals surface area contributed by atoms with Gasteiger partial charge in [0.25, 0.3) is 17.4 Å². The van der Waals surface area contributed by atoms with Crippen molar-refractivity contribution in [3.63, 3.8) is 0 Å². The second-order valence-electron chi connectivity index (χ2n) is 4.86. The minimum Gasteiger partial charge on any atom is -0.315 e. The van der Waals surface area contributed by atoms with E-state index in [4.69, 9.17) is 0 Å². The Morgan fingerprint density at radius 3 is 2.33 bits per heavy atom. The number of hydrogen-bond acceptors (Lipinski definition) is 4. The summed E-state index contributed by atoms with van der Waals surface area (Å²) in [5, 5.41) is 0.876. The largest absolute Gasteiger partial charge is 0.315 e. The van der Waals surface area contributed by atoms with Crippen LogP contribution in [0.4, 0.5) is 5.69 Å². The van der Waals surface area contributed by atoms with Crippen molar-refractivity contribution >= 4 is 17.5 Å². The predicted molar refractivity (Wildman–Crippen MR) is 77.0 cm³/mol. The van der Waals surface area contributed by atoms with Crippen LogP contribution in [-0.4, -0.2) is 21.4 Å². The van der Waals surface area contributed by atoms with E-state index in [0.29, 0.717) is 11.4 Å². The zero-order valence-electron chi connectivity index (χ0n) is 11.6. The quantitative estimate of drug-likeness (QED) is 0.844. The number of nitrogens with zero attached hydrogens (tertiary/aromatic N) is 2. The van der Waals surface area contributed by atoms with E-state index >= 15 is 0 Å². The fraction of sp³-hybridized carbons (Fsp3) is 0.133. The SMILES string of the molecule is Cc1cc2c(c(=O)n1C)C(=O)N(Nc1ccccc1)C2=O. The molecule has 3 rings (SSSR count). The number of para-hydroxylation sites is 1. The molecule has 0 unspecified atom stereocenters. The molecular formula is C15H13N3O3. The lowest BCUT2D eigenvalue weighted by Gasteiger charge is -2.15. The normalized spacial score (nSPS) is 13.5. The average Bonchev–Trinajstić information content (AvgIpc) is 2.71. The third-order valence-electron chi connectivity index (χ3n) is 3.54. The van der Waals surface area contributed by atoms with Gasteiger partial charge in [0.2, 0.25) is 0 Å². The van der Waals surface area contributed by atoms with Crippen LogP contribution in [-0.2, 0) is 7.05 Å². The van der Waals surface area contributed by atoms with Crippen molar-refractivity contribution in [1.29, 1.82) is 0 Å². The molecule has 0 aliphatic carbocycles. The Labute approximate surface area is 120 Å². The van der Waals surface area contributed by atoms with Crippen molar-refractivity contribution in [1.82, 2.24) is 9.58 Å². The summed E-state index contributed by atoms with van der Waals surface area (Å²) in [7, 11) is 1.57. The summed E-state index contributed by atoms with van der Waals surface area (Å²) in [6.45, 7) is 1.72. The van der Waals surface area contributed by atoms with Crippen molar-refractivity contribution in [3.05, 3.63) is 63.6 Å². The van der Waals surface area contributed by atoms with Crippen molar-refractivity contribution in [3.8, 4) is 0 Å². The fourth-order valence-corrected chi connectivity index (χ4v) is 2.26. The van der Waals surface area contributed by atoms with E-state index in [1.165, 1.54) is 4.57 Å². The first-order valence-electron chi connectivity index (χ1n) is 6.42. The number of imide groups is 1. The highest BCUT2D eigenvalue weighted by atomic mass is 16.2. The van der Waals surface area contributed by atoms with Crippen LogP contribution in [0, 0.1) is 6.92 Å². The molecule has 0 spiro atoms. The number of anilines is 1. The van der Waals surface area contributed by atoms with Crippen molar-refractivity contribution in [2.24, 2.45) is 7.05 Å². The number of carbonyl (C=O) groups excluding carboxylic acids is 2. The van der Waals surface area contributed by atoms with Gasteiger partial charge in [-0.3, -0.25) is 19.8 Å². The molecule has 2 amide bonds. The molecule has 21 heavy (non-hydrogen) atoms. The minimum absolute atomic E-state index is 0.0865. The van der Waals surface area contributed by atoms with E-state index in [1.807, 2.05) is 6.07 Å². The molecule has 1 aliphatic heterocycles. The van der Waals surface area contributed by atoms with Crippen LogP contribution in [0.5, 0.6) is 0 Å². The molecule has 0 saturated heterocycles. The highest BCUT2D eigenvalue weighted by Gasteiger charge is 2.39. The lowest BCUT2D eigenvalue weighted by Crippen LogP contribution is -2.36. The Kier molecular flexibility index (Phi) is 2.86. The van der Waals surface area contributed by atoms with Gasteiger partial charge in [-0.2, -0.15) is 5.01 Å². The summed E-state index contributed by atoms with van der Waals surface area (Å²) in [4.78, 5) is 36.8. The van der Waals surface area contributed by atoms with Crippen molar-refractivity contribution in [2.75, 3.05) is 5.43 Å². The van der Waals surface area contributed by atoms with Crippen molar-refractivity contribution < 1.29 is 9.59 Å². The number of nitrogens with one attached hydrogen (secondary N) is 1. The predicted octanol–water partition coefficient (Wildman–Crippen LogP) is 1.32. The van der Waals surface area contributed by atoms with Gasteiger partial charge in [0, 0.05) is 12.7 Å². The highest BCUT2D eigenvalue weighted by Crippen LogP contribution is 2.21. The minimum atomic E-state index is -0.626. The Morgan fingerprint density at radius 2 is 1.67 bits per heavy atom. The molecule has 2 heterocycles. The zero-order chi connectivity index (χ0) is 15.1. The van der Waals surface area contributed by atoms with E-state index in [1.54, 1.807) is 44.3 Å². The van der Waals surface area contributed by atoms with E-state index in [9.17, 15) is 14.4 Å². The third kappa shape index (κ3) is 1.92. The van der Waals surface area contributed by atoms with Crippen LogP contribution in [0.2, 0.25) is 0 Å². The maximum Gasteiger partial charge on any atom is 0.286 e. The molecule has 0 radical (unpaired) electrons. The van der Waals surface area contributed by atoms with Gasteiger partial charge in [-0.15, -0.1) is 0 Å². The standard InChI is InChI=1S/C15H13N3O3/c1-9-8-11-12(14(20)17(9)2)15(21)18(13(11)19)16-10-6-4-3-5-7-10/h3-8,16H,1-2H3. The fourth-order valence-electron chi connectivity index (χ4n) is 2.26. The van der Waals surface area contributed by atoms with Crippen LogP contribution >= 0.6 is 0 Å². The van der Waals surface area contributed by atoms with Gasteiger partial charge in [0.1, 0.15) is 5.56 Å². The van der Waals surface area contributed by atoms with Gasteiger partial charge in [-0.25, -0.2) is 0 Å². The maximum absolute atomic E-state index is 12.3. The van der Waals surface area contributed by atoms with E-state index in [2.05, 4.69) is 5.43 Å². The molecule has 1 aromatic carbocycles.